The SMILES string of the molecule is CCn1c2ccccc2c2cc(/C=C/c3ccc(-c4c(-c5ccccc5)c(-c5ccccc5)c(-c5ccccc5)c(-c5ccccc5)c4-c4ccccc4)cc3)ccc21. The van der Waals surface area contributed by atoms with E-state index in [2.05, 4.69) is 242 Å². The summed E-state index contributed by atoms with van der Waals surface area (Å²) < 4.78 is 2.41. The predicted molar refractivity (Wildman–Crippen MR) is 253 cm³/mol. The van der Waals surface area contributed by atoms with Crippen LogP contribution in [0.1, 0.15) is 18.1 Å². The van der Waals surface area contributed by atoms with E-state index in [9.17, 15) is 0 Å². The van der Waals surface area contributed by atoms with Crippen LogP contribution >= 0.6 is 0 Å². The van der Waals surface area contributed by atoms with E-state index in [1.807, 2.05) is 0 Å². The highest BCUT2D eigenvalue weighted by Crippen LogP contribution is 2.55. The molecule has 1 heteroatoms. The van der Waals surface area contributed by atoms with Crippen molar-refractivity contribution < 1.29 is 0 Å². The second kappa shape index (κ2) is 15.8. The Bertz CT molecular complexity index is 2960. The van der Waals surface area contributed by atoms with E-state index in [4.69, 9.17) is 0 Å². The molecule has 280 valence electrons. The zero-order chi connectivity index (χ0) is 39.5. The molecular weight excluding hydrogens is 711 g/mol. The van der Waals surface area contributed by atoms with Crippen molar-refractivity contribution in [3.63, 3.8) is 0 Å². The minimum Gasteiger partial charge on any atom is -0.341 e. The quantitative estimate of drug-likeness (QED) is 0.129. The maximum absolute atomic E-state index is 2.41. The predicted octanol–water partition coefficient (Wildman–Crippen LogP) is 16.0. The van der Waals surface area contributed by atoms with Gasteiger partial charge in [-0.05, 0) is 103 Å². The van der Waals surface area contributed by atoms with Crippen molar-refractivity contribution in [1.29, 1.82) is 0 Å². The molecule has 0 bridgehead atoms. The van der Waals surface area contributed by atoms with Gasteiger partial charge in [-0.3, -0.25) is 0 Å². The average Bonchev–Trinajstić information content (AvgIpc) is 3.64. The van der Waals surface area contributed by atoms with Gasteiger partial charge in [0.25, 0.3) is 0 Å². The number of aryl methyl sites for hydroxylation is 1. The second-order valence-electron chi connectivity index (χ2n) is 15.1. The first-order valence-electron chi connectivity index (χ1n) is 20.6. The fourth-order valence-corrected chi connectivity index (χ4v) is 8.98. The Morgan fingerprint density at radius 1 is 0.305 bits per heavy atom. The van der Waals surface area contributed by atoms with Gasteiger partial charge in [0.15, 0.2) is 0 Å². The van der Waals surface area contributed by atoms with Gasteiger partial charge in [-0.1, -0.05) is 212 Å². The van der Waals surface area contributed by atoms with Crippen molar-refractivity contribution in [2.45, 2.75) is 13.5 Å². The Hall–Kier alpha value is -7.48. The Morgan fingerprint density at radius 2 is 0.627 bits per heavy atom. The lowest BCUT2D eigenvalue weighted by atomic mass is 9.74. The molecule has 1 nitrogen and oxygen atoms in total. The van der Waals surface area contributed by atoms with Crippen molar-refractivity contribution in [2.24, 2.45) is 0 Å². The zero-order valence-corrected chi connectivity index (χ0v) is 33.1. The molecule has 0 atom stereocenters. The number of benzene rings is 9. The van der Waals surface area contributed by atoms with Gasteiger partial charge in [-0.15, -0.1) is 0 Å². The number of rotatable bonds is 9. The van der Waals surface area contributed by atoms with E-state index in [1.54, 1.807) is 0 Å². The monoisotopic (exact) mass is 753 g/mol. The summed E-state index contributed by atoms with van der Waals surface area (Å²) in [6, 6.07) is 79.5. The van der Waals surface area contributed by atoms with Crippen molar-refractivity contribution >= 4 is 34.0 Å². The van der Waals surface area contributed by atoms with Gasteiger partial charge in [0.2, 0.25) is 0 Å². The second-order valence-corrected chi connectivity index (χ2v) is 15.1. The highest BCUT2D eigenvalue weighted by Gasteiger charge is 2.28. The molecule has 0 fully saturated rings. The molecule has 0 aliphatic heterocycles. The van der Waals surface area contributed by atoms with Crippen LogP contribution in [0.25, 0.3) is 101 Å². The molecule has 0 spiro atoms. The van der Waals surface area contributed by atoms with Crippen LogP contribution in [-0.2, 0) is 6.54 Å². The molecular formula is C58H43N. The van der Waals surface area contributed by atoms with Crippen LogP contribution in [0.4, 0.5) is 0 Å². The molecule has 0 aliphatic rings. The minimum atomic E-state index is 0.943. The lowest BCUT2D eigenvalue weighted by molar-refractivity contribution is 0.827. The Kier molecular flexibility index (Phi) is 9.62. The van der Waals surface area contributed by atoms with Crippen molar-refractivity contribution in [3.8, 4) is 66.8 Å². The van der Waals surface area contributed by atoms with Crippen LogP contribution in [-0.4, -0.2) is 4.57 Å². The summed E-state index contributed by atoms with van der Waals surface area (Å²) in [7, 11) is 0. The molecule has 0 saturated heterocycles. The lowest BCUT2D eigenvalue weighted by Gasteiger charge is -2.28. The van der Waals surface area contributed by atoms with Crippen LogP contribution in [0.5, 0.6) is 0 Å². The molecule has 0 aliphatic carbocycles. The summed E-state index contributed by atoms with van der Waals surface area (Å²) >= 11 is 0. The van der Waals surface area contributed by atoms with E-state index >= 15 is 0 Å². The van der Waals surface area contributed by atoms with E-state index in [1.165, 1.54) is 94.1 Å². The van der Waals surface area contributed by atoms with Crippen molar-refractivity contribution in [1.82, 2.24) is 4.57 Å². The largest absolute Gasteiger partial charge is 0.341 e. The maximum Gasteiger partial charge on any atom is 0.0491 e. The van der Waals surface area contributed by atoms with Gasteiger partial charge in [-0.2, -0.15) is 0 Å². The summed E-state index contributed by atoms with van der Waals surface area (Å²) in [5, 5.41) is 2.60. The van der Waals surface area contributed by atoms with Gasteiger partial charge in [0.05, 0.1) is 0 Å². The average molecular weight is 754 g/mol. The Morgan fingerprint density at radius 3 is 1.03 bits per heavy atom. The number of fused-ring (bicyclic) bond motifs is 3. The third-order valence-corrected chi connectivity index (χ3v) is 11.6. The summed E-state index contributed by atoms with van der Waals surface area (Å²) in [5.41, 5.74) is 19.3. The molecule has 0 saturated carbocycles. The van der Waals surface area contributed by atoms with E-state index in [0.717, 1.165) is 12.1 Å². The fraction of sp³-hybridized carbons (Fsp3) is 0.0345. The smallest absolute Gasteiger partial charge is 0.0491 e. The number of para-hydroxylation sites is 1. The van der Waals surface area contributed by atoms with Crippen LogP contribution in [0.15, 0.2) is 218 Å². The van der Waals surface area contributed by atoms with Crippen LogP contribution in [0.2, 0.25) is 0 Å². The standard InChI is InChI=1S/C58H43N/c1-2-59-51-31-19-18-30-49(51)50-40-42(36-39-52(50)59)33-32-41-34-37-48(38-35-41)58-56(46-26-14-6-15-27-46)54(44-22-10-4-11-23-44)53(43-20-8-3-9-21-43)55(45-24-12-5-13-25-45)57(58)47-28-16-7-17-29-47/h3-40H,2H2,1H3/b33-32+. The zero-order valence-electron chi connectivity index (χ0n) is 33.1. The van der Waals surface area contributed by atoms with E-state index in [0.29, 0.717) is 0 Å². The molecule has 59 heavy (non-hydrogen) atoms. The number of hydrogen-bond donors (Lipinski definition) is 0. The van der Waals surface area contributed by atoms with Crippen molar-refractivity contribution in [3.05, 3.63) is 230 Å². The fourth-order valence-electron chi connectivity index (χ4n) is 8.98. The third-order valence-electron chi connectivity index (χ3n) is 11.6. The molecule has 0 unspecified atom stereocenters. The van der Waals surface area contributed by atoms with Gasteiger partial charge >= 0.3 is 0 Å². The summed E-state index contributed by atoms with van der Waals surface area (Å²) in [6.45, 7) is 3.16. The highest BCUT2D eigenvalue weighted by atomic mass is 15.0. The third kappa shape index (κ3) is 6.67. The Balaban J connectivity index is 1.23. The molecule has 10 rings (SSSR count). The summed E-state index contributed by atoms with van der Waals surface area (Å²) in [5.74, 6) is 0. The summed E-state index contributed by atoms with van der Waals surface area (Å²) in [6.07, 6.45) is 4.48. The van der Waals surface area contributed by atoms with E-state index in [-0.39, 0.29) is 0 Å². The molecule has 0 amide bonds. The normalized spacial score (nSPS) is 11.5. The first-order chi connectivity index (χ1) is 29.3. The summed E-state index contributed by atoms with van der Waals surface area (Å²) in [4.78, 5) is 0. The molecule has 0 N–H and O–H groups in total. The first-order valence-corrected chi connectivity index (χ1v) is 20.6. The molecule has 1 aromatic heterocycles. The minimum absolute atomic E-state index is 0.943. The van der Waals surface area contributed by atoms with E-state index < -0.39 is 0 Å². The van der Waals surface area contributed by atoms with Gasteiger partial charge in [-0.25, -0.2) is 0 Å². The molecule has 10 aromatic rings. The number of nitrogens with zero attached hydrogens (tertiary/aromatic N) is 1. The van der Waals surface area contributed by atoms with Crippen LogP contribution in [0, 0.1) is 0 Å². The molecule has 9 aromatic carbocycles. The van der Waals surface area contributed by atoms with Crippen LogP contribution < -0.4 is 0 Å². The van der Waals surface area contributed by atoms with Gasteiger partial charge < -0.3 is 4.57 Å². The lowest BCUT2D eigenvalue weighted by Crippen LogP contribution is -2.02. The topological polar surface area (TPSA) is 4.93 Å². The van der Waals surface area contributed by atoms with Gasteiger partial charge in [0, 0.05) is 28.4 Å². The Labute approximate surface area is 346 Å². The molecule has 0 radical (unpaired) electrons. The molecule has 1 heterocycles. The van der Waals surface area contributed by atoms with Gasteiger partial charge in [0.1, 0.15) is 0 Å². The van der Waals surface area contributed by atoms with Crippen molar-refractivity contribution in [2.75, 3.05) is 0 Å². The number of hydrogen-bond acceptors (Lipinski definition) is 0. The number of aromatic nitrogens is 1. The first kappa shape index (κ1) is 35.9. The maximum atomic E-state index is 2.41. The highest BCUT2D eigenvalue weighted by molar-refractivity contribution is 6.15. The van der Waals surface area contributed by atoms with Crippen LogP contribution in [0.3, 0.4) is 0 Å².